The minimum atomic E-state index is -5.74. The van der Waals surface area contributed by atoms with Gasteiger partial charge in [-0.1, -0.05) is 15.9 Å². The first-order valence-electron chi connectivity index (χ1n) is 21.4. The molecule has 1 rings (SSSR count). The van der Waals surface area contributed by atoms with Crippen molar-refractivity contribution in [1.82, 2.24) is 0 Å². The number of hydrogen-bond donors (Lipinski definition) is 3. The number of phosphoric acid groups is 1. The van der Waals surface area contributed by atoms with E-state index in [9.17, 15) is 67.8 Å². The fourth-order valence-corrected chi connectivity index (χ4v) is 9.98. The Bertz CT molecular complexity index is 2310. The van der Waals surface area contributed by atoms with Crippen molar-refractivity contribution in [2.75, 3.05) is 99.5 Å². The summed E-state index contributed by atoms with van der Waals surface area (Å²) in [6.07, 6.45) is -2.10. The van der Waals surface area contributed by atoms with Gasteiger partial charge < -0.3 is 42.5 Å². The molecule has 0 amide bonds. The summed E-state index contributed by atoms with van der Waals surface area (Å²) in [5, 5.41) is 0. The molecule has 0 aliphatic rings. The Hall–Kier alpha value is -3.07. The molecule has 1 aromatic carbocycles. The molecule has 0 bridgehead atoms. The van der Waals surface area contributed by atoms with Gasteiger partial charge in [0, 0.05) is 5.75 Å². The molecule has 0 radical (unpaired) electrons. The second kappa shape index (κ2) is 28.2. The first-order valence-corrected chi connectivity index (χ1v) is 28.0. The minimum absolute atomic E-state index is 0.0276. The van der Waals surface area contributed by atoms with Crippen LogP contribution in [0.1, 0.15) is 67.2 Å². The molecule has 1 aromatic rings. The average molecular weight is 1190 g/mol. The molecule has 4 unspecified atom stereocenters. The summed E-state index contributed by atoms with van der Waals surface area (Å²) in [7, 11) is -9.32. The third-order valence-corrected chi connectivity index (χ3v) is 14.2. The number of ether oxygens (including phenoxy) is 7. The van der Waals surface area contributed by atoms with Crippen molar-refractivity contribution in [3.63, 3.8) is 0 Å². The number of esters is 5. The van der Waals surface area contributed by atoms with E-state index < -0.39 is 169 Å². The highest BCUT2D eigenvalue weighted by Gasteiger charge is 2.53. The van der Waals surface area contributed by atoms with Crippen molar-refractivity contribution < 1.29 is 124 Å². The van der Waals surface area contributed by atoms with Gasteiger partial charge >= 0.3 is 56.9 Å². The lowest BCUT2D eigenvalue weighted by atomic mass is 9.64. The van der Waals surface area contributed by atoms with E-state index in [1.165, 1.54) is 34.6 Å². The summed E-state index contributed by atoms with van der Waals surface area (Å²) in [5.74, 6) is -17.4. The molecule has 0 saturated heterocycles. The highest BCUT2D eigenvalue weighted by atomic mass is 79.9. The molecule has 23 nitrogen and oxygen atoms in total. The fraction of sp³-hybridized carbons (Fsp3) is 0.725. The predicted octanol–water partition coefficient (Wildman–Crippen LogP) is 4.75. The van der Waals surface area contributed by atoms with E-state index in [0.717, 1.165) is 0 Å². The fourth-order valence-electron chi connectivity index (χ4n) is 6.72. The molecule has 416 valence electrons. The van der Waals surface area contributed by atoms with Gasteiger partial charge in [-0.25, -0.2) is 13.3 Å². The Kier molecular flexibility index (Phi) is 26.2. The first kappa shape index (κ1) is 66.9. The molecular formula is C40H62BrF4NO22PS3+. The maximum Gasteiger partial charge on any atom is 0.472 e. The molecule has 0 fully saturated rings. The van der Waals surface area contributed by atoms with Gasteiger partial charge in [0.2, 0.25) is 17.4 Å². The predicted molar refractivity (Wildman–Crippen MR) is 247 cm³/mol. The second-order valence-electron chi connectivity index (χ2n) is 18.1. The number of alkyl halides is 1. The van der Waals surface area contributed by atoms with Crippen LogP contribution < -0.4 is 4.74 Å². The van der Waals surface area contributed by atoms with Gasteiger partial charge in [0.05, 0.1) is 83.5 Å². The number of quaternary nitrogens is 1. The van der Waals surface area contributed by atoms with Gasteiger partial charge in [-0.05, 0) is 71.6 Å². The highest BCUT2D eigenvalue weighted by Crippen LogP contribution is 2.49. The largest absolute Gasteiger partial charge is 0.472 e. The number of carbonyl (C=O) groups is 5. The van der Waals surface area contributed by atoms with Crippen molar-refractivity contribution in [3.05, 3.63) is 23.3 Å². The zero-order chi connectivity index (χ0) is 55.7. The zero-order valence-corrected chi connectivity index (χ0v) is 45.9. The van der Waals surface area contributed by atoms with Crippen molar-refractivity contribution >= 4 is 83.7 Å². The lowest BCUT2D eigenvalue weighted by Crippen LogP contribution is -2.48. The van der Waals surface area contributed by atoms with E-state index in [2.05, 4.69) is 20.7 Å². The standard InChI is InChI=1S/C40H61BrF4NO22PS3/c1-10-62-33(48)37(2,3)23-38(4,34(49)63-19-20-67-69(52,53)66-14-12-46(7,8)9)24-39(5,35(50)65-21-22-70-72(57,58)59)25-40(6,41)36(51)64-18-17-61-16-15-60-13-11-26(47)68-31-27(42)29(44)32(71(54,55)56)30(45)28(31)43/h10-25H2,1-9H3,(H2-,52,53,54,55,56,57,58,59)/p+1. The van der Waals surface area contributed by atoms with Gasteiger partial charge in [0.25, 0.3) is 0 Å². The summed E-state index contributed by atoms with van der Waals surface area (Å²) in [6, 6.07) is 0. The lowest BCUT2D eigenvalue weighted by molar-refractivity contribution is -0.870. The molecule has 0 heterocycles. The molecule has 4 atom stereocenters. The third kappa shape index (κ3) is 23.2. The van der Waals surface area contributed by atoms with E-state index in [0.29, 0.717) is 11.0 Å². The second-order valence-corrected chi connectivity index (χ2v) is 26.1. The van der Waals surface area contributed by atoms with Crippen LogP contribution in [0.4, 0.5) is 17.6 Å². The van der Waals surface area contributed by atoms with Crippen LogP contribution in [0.25, 0.3) is 0 Å². The smallest absolute Gasteiger partial charge is 0.466 e. The van der Waals surface area contributed by atoms with Crippen LogP contribution in [0.2, 0.25) is 0 Å². The molecule has 0 aliphatic heterocycles. The molecule has 32 heteroatoms. The molecule has 0 saturated carbocycles. The zero-order valence-electron chi connectivity index (χ0n) is 40.9. The van der Waals surface area contributed by atoms with Gasteiger partial charge in [-0.15, -0.1) is 0 Å². The first-order chi connectivity index (χ1) is 32.7. The van der Waals surface area contributed by atoms with Crippen molar-refractivity contribution in [3.8, 4) is 5.75 Å². The van der Waals surface area contributed by atoms with E-state index in [4.69, 9.17) is 46.6 Å². The summed E-state index contributed by atoms with van der Waals surface area (Å²) in [4.78, 5) is 74.6. The summed E-state index contributed by atoms with van der Waals surface area (Å²) in [5.41, 5.74) is -5.14. The van der Waals surface area contributed by atoms with Gasteiger partial charge in [-0.3, -0.25) is 42.1 Å². The molecule has 72 heavy (non-hydrogen) atoms. The Morgan fingerprint density at radius 3 is 1.64 bits per heavy atom. The van der Waals surface area contributed by atoms with E-state index in [1.54, 1.807) is 6.92 Å². The maximum atomic E-state index is 14.2. The van der Waals surface area contributed by atoms with E-state index >= 15 is 0 Å². The van der Waals surface area contributed by atoms with Crippen LogP contribution >= 0.6 is 34.5 Å². The maximum absolute atomic E-state index is 14.2. The molecule has 3 N–H and O–H groups in total. The normalized spacial score (nSPS) is 15.8. The van der Waals surface area contributed by atoms with Crippen LogP contribution in [-0.4, -0.2) is 169 Å². The SMILES string of the molecule is CCOC(=O)C(C)(C)CC(C)(CC(C)(CC(C)(Br)C(=O)OCCOCCOCCC(=O)Oc1c(F)c(F)c(S(=O)(=O)O)c(F)c1F)C(=O)OCCSS(=O)(=O)O)C(=O)OCCOP(=O)(O)OCC[N+](C)(C)C. The van der Waals surface area contributed by atoms with Crippen LogP contribution in [0.3, 0.4) is 0 Å². The van der Waals surface area contributed by atoms with Crippen LogP contribution in [0, 0.1) is 39.5 Å². The Balaban J connectivity index is 3.12. The summed E-state index contributed by atoms with van der Waals surface area (Å²) < 4.78 is 176. The number of carbonyl (C=O) groups excluding carboxylic acids is 5. The Labute approximate surface area is 426 Å². The van der Waals surface area contributed by atoms with Gasteiger partial charge in [0.15, 0.2) is 16.5 Å². The van der Waals surface area contributed by atoms with Crippen LogP contribution in [0.15, 0.2) is 4.90 Å². The van der Waals surface area contributed by atoms with Gasteiger partial charge in [0.1, 0.15) is 37.3 Å². The number of benzene rings is 1. The Morgan fingerprint density at radius 2 is 1.12 bits per heavy atom. The number of nitrogens with zero attached hydrogens (tertiary/aromatic N) is 1. The van der Waals surface area contributed by atoms with Crippen molar-refractivity contribution in [2.45, 2.75) is 76.4 Å². The number of rotatable bonds is 34. The summed E-state index contributed by atoms with van der Waals surface area (Å²) >= 11 is 3.30. The minimum Gasteiger partial charge on any atom is -0.466 e. The van der Waals surface area contributed by atoms with Crippen molar-refractivity contribution in [2.24, 2.45) is 16.2 Å². The number of hydrogen-bond acceptors (Lipinski definition) is 20. The number of halogens is 5. The molecular weight excluding hydrogens is 1130 g/mol. The lowest BCUT2D eigenvalue weighted by Gasteiger charge is -2.41. The molecule has 0 aromatic heterocycles. The van der Waals surface area contributed by atoms with Crippen molar-refractivity contribution in [1.29, 1.82) is 0 Å². The topological polar surface area (TPSA) is 314 Å². The average Bonchev–Trinajstić information content (AvgIpc) is 3.22. The third-order valence-electron chi connectivity index (χ3n) is 9.65. The highest BCUT2D eigenvalue weighted by molar-refractivity contribution is 9.10. The molecule has 0 spiro atoms. The Morgan fingerprint density at radius 1 is 0.653 bits per heavy atom. The monoisotopic (exact) mass is 1190 g/mol. The van der Waals surface area contributed by atoms with E-state index in [1.807, 2.05) is 21.1 Å². The van der Waals surface area contributed by atoms with Gasteiger partial charge in [-0.2, -0.15) is 25.6 Å². The van der Waals surface area contributed by atoms with E-state index in [-0.39, 0.29) is 50.2 Å². The van der Waals surface area contributed by atoms with Crippen LogP contribution in [0.5, 0.6) is 5.75 Å². The summed E-state index contributed by atoms with van der Waals surface area (Å²) in [6.45, 7) is 5.33. The number of likely N-dealkylation sites (N-methyl/N-ethyl adjacent to an activating group) is 1. The molecule has 0 aliphatic carbocycles. The van der Waals surface area contributed by atoms with Crippen LogP contribution in [-0.2, 0) is 85.3 Å². The number of phosphoric ester groups is 1. The quantitative estimate of drug-likeness (QED) is 0.00716.